The van der Waals surface area contributed by atoms with Crippen LogP contribution < -0.4 is 5.73 Å². The largest absolute Gasteiger partial charge is 0.398 e. The Morgan fingerprint density at radius 2 is 2.20 bits per heavy atom. The molecular formula is C11H15N3O4S2. The van der Waals surface area contributed by atoms with Crippen molar-refractivity contribution < 1.29 is 13.3 Å². The Morgan fingerprint density at radius 3 is 2.80 bits per heavy atom. The van der Waals surface area contributed by atoms with Crippen LogP contribution in [0.3, 0.4) is 0 Å². The van der Waals surface area contributed by atoms with Crippen molar-refractivity contribution in [3.05, 3.63) is 28.3 Å². The number of nitrogen functional groups attached to an aromatic ring is 1. The van der Waals surface area contributed by atoms with E-state index in [1.54, 1.807) is 11.8 Å². The molecule has 1 unspecified atom stereocenters. The lowest BCUT2D eigenvalue weighted by molar-refractivity contribution is -0.385. The van der Waals surface area contributed by atoms with Crippen molar-refractivity contribution in [2.45, 2.75) is 17.9 Å². The minimum atomic E-state index is -3.81. The first kappa shape index (κ1) is 15.1. The molecular weight excluding hydrogens is 302 g/mol. The number of hydrogen-bond acceptors (Lipinski definition) is 6. The molecule has 9 heteroatoms. The smallest absolute Gasteiger partial charge is 0.270 e. The Bertz CT molecular complexity index is 633. The molecule has 1 fully saturated rings. The van der Waals surface area contributed by atoms with Crippen molar-refractivity contribution in [1.29, 1.82) is 0 Å². The molecule has 1 aliphatic heterocycles. The molecule has 2 rings (SSSR count). The first-order valence-corrected chi connectivity index (χ1v) is 8.57. The van der Waals surface area contributed by atoms with E-state index < -0.39 is 14.9 Å². The molecule has 1 atom stereocenters. The van der Waals surface area contributed by atoms with Crippen LogP contribution in [0.2, 0.25) is 0 Å². The number of nitrogens with zero attached hydrogens (tertiary/aromatic N) is 2. The summed E-state index contributed by atoms with van der Waals surface area (Å²) in [5.41, 5.74) is 5.44. The zero-order valence-electron chi connectivity index (χ0n) is 10.9. The maximum Gasteiger partial charge on any atom is 0.270 e. The fourth-order valence-electron chi connectivity index (χ4n) is 2.06. The minimum Gasteiger partial charge on any atom is -0.398 e. The molecule has 1 aromatic rings. The van der Waals surface area contributed by atoms with Crippen molar-refractivity contribution in [3.8, 4) is 0 Å². The molecule has 110 valence electrons. The Labute approximate surface area is 121 Å². The molecule has 1 aromatic carbocycles. The van der Waals surface area contributed by atoms with Gasteiger partial charge in [-0.1, -0.05) is 0 Å². The van der Waals surface area contributed by atoms with Gasteiger partial charge in [0.15, 0.2) is 0 Å². The number of anilines is 1. The molecule has 1 heterocycles. The first-order chi connectivity index (χ1) is 9.34. The fraction of sp³-hybridized carbons (Fsp3) is 0.455. The number of thioether (sulfide) groups is 1. The van der Waals surface area contributed by atoms with Crippen molar-refractivity contribution >= 4 is 33.2 Å². The van der Waals surface area contributed by atoms with Crippen LogP contribution in [0.1, 0.15) is 6.92 Å². The second-order valence-corrected chi connectivity index (χ2v) is 7.53. The van der Waals surface area contributed by atoms with Gasteiger partial charge in [0.1, 0.15) is 4.90 Å². The molecule has 20 heavy (non-hydrogen) atoms. The summed E-state index contributed by atoms with van der Waals surface area (Å²) >= 11 is 1.68. The predicted molar refractivity (Wildman–Crippen MR) is 78.2 cm³/mol. The molecule has 2 N–H and O–H groups in total. The number of nitro groups is 1. The van der Waals surface area contributed by atoms with Gasteiger partial charge in [0, 0.05) is 36.2 Å². The van der Waals surface area contributed by atoms with E-state index in [9.17, 15) is 18.5 Å². The summed E-state index contributed by atoms with van der Waals surface area (Å²) in [7, 11) is -3.81. The average Bonchev–Trinajstić information content (AvgIpc) is 2.39. The van der Waals surface area contributed by atoms with Crippen LogP contribution in [-0.2, 0) is 10.0 Å². The first-order valence-electron chi connectivity index (χ1n) is 5.97. The quantitative estimate of drug-likeness (QED) is 0.511. The van der Waals surface area contributed by atoms with E-state index in [0.717, 1.165) is 6.07 Å². The number of nitrogens with two attached hydrogens (primary N) is 1. The van der Waals surface area contributed by atoms with Crippen molar-refractivity contribution in [2.24, 2.45) is 0 Å². The molecule has 1 saturated heterocycles. The molecule has 0 bridgehead atoms. The third-order valence-corrected chi connectivity index (χ3v) is 6.36. The summed E-state index contributed by atoms with van der Waals surface area (Å²) in [5.74, 6) is 1.41. The lowest BCUT2D eigenvalue weighted by atomic mass is 10.3. The van der Waals surface area contributed by atoms with Crippen LogP contribution in [0.15, 0.2) is 23.1 Å². The van der Waals surface area contributed by atoms with Gasteiger partial charge >= 0.3 is 0 Å². The van der Waals surface area contributed by atoms with Crippen LogP contribution in [-0.4, -0.2) is 41.7 Å². The molecule has 0 amide bonds. The van der Waals surface area contributed by atoms with E-state index in [4.69, 9.17) is 5.73 Å². The summed E-state index contributed by atoms with van der Waals surface area (Å²) in [4.78, 5) is 9.96. The van der Waals surface area contributed by atoms with Gasteiger partial charge in [-0.05, 0) is 13.0 Å². The highest BCUT2D eigenvalue weighted by Crippen LogP contribution is 2.30. The molecule has 0 radical (unpaired) electrons. The number of benzene rings is 1. The van der Waals surface area contributed by atoms with Gasteiger partial charge in [-0.2, -0.15) is 16.1 Å². The van der Waals surface area contributed by atoms with Crippen LogP contribution in [0.5, 0.6) is 0 Å². The molecule has 0 saturated carbocycles. The average molecular weight is 317 g/mol. The Morgan fingerprint density at radius 1 is 1.50 bits per heavy atom. The number of nitro benzene ring substituents is 1. The summed E-state index contributed by atoms with van der Waals surface area (Å²) in [6.07, 6.45) is 0. The van der Waals surface area contributed by atoms with Gasteiger partial charge in [0.25, 0.3) is 5.69 Å². The summed E-state index contributed by atoms with van der Waals surface area (Å²) in [6.45, 7) is 2.20. The summed E-state index contributed by atoms with van der Waals surface area (Å²) in [6, 6.07) is 3.33. The maximum absolute atomic E-state index is 12.6. The third kappa shape index (κ3) is 2.74. The normalized spacial score (nSPS) is 20.8. The van der Waals surface area contributed by atoms with E-state index in [0.29, 0.717) is 18.1 Å². The number of hydrogen-bond donors (Lipinski definition) is 1. The standard InChI is InChI=1S/C11H15N3O4S2/c1-8-7-19-5-4-13(8)20(17,18)11-6-9(14(15)16)2-3-10(11)12/h2-3,6,8H,4-5,7,12H2,1H3. The highest BCUT2D eigenvalue weighted by molar-refractivity contribution is 7.99. The van der Waals surface area contributed by atoms with Crippen LogP contribution >= 0.6 is 11.8 Å². The van der Waals surface area contributed by atoms with Crippen molar-refractivity contribution in [1.82, 2.24) is 4.31 Å². The van der Waals surface area contributed by atoms with Gasteiger partial charge in [-0.15, -0.1) is 0 Å². The van der Waals surface area contributed by atoms with Gasteiger partial charge in [0.2, 0.25) is 10.0 Å². The molecule has 0 aliphatic carbocycles. The Balaban J connectivity index is 2.48. The van der Waals surface area contributed by atoms with Crippen LogP contribution in [0.4, 0.5) is 11.4 Å². The highest BCUT2D eigenvalue weighted by Gasteiger charge is 2.33. The summed E-state index contributed by atoms with van der Waals surface area (Å²) < 4.78 is 26.6. The fourth-order valence-corrected chi connectivity index (χ4v) is 5.05. The van der Waals surface area contributed by atoms with E-state index in [-0.39, 0.29) is 22.3 Å². The SMILES string of the molecule is CC1CSCCN1S(=O)(=O)c1cc([N+](=O)[O-])ccc1N. The van der Waals surface area contributed by atoms with E-state index in [2.05, 4.69) is 0 Å². The lowest BCUT2D eigenvalue weighted by Crippen LogP contribution is -2.44. The number of rotatable bonds is 3. The third-order valence-electron chi connectivity index (χ3n) is 3.10. The maximum atomic E-state index is 12.6. The summed E-state index contributed by atoms with van der Waals surface area (Å²) in [5, 5.41) is 10.8. The highest BCUT2D eigenvalue weighted by atomic mass is 32.2. The second kappa shape index (κ2) is 5.58. The molecule has 7 nitrogen and oxygen atoms in total. The Kier molecular flexibility index (Phi) is 4.21. The minimum absolute atomic E-state index is 0.0287. The zero-order valence-corrected chi connectivity index (χ0v) is 12.5. The monoisotopic (exact) mass is 317 g/mol. The van der Waals surface area contributed by atoms with Crippen molar-refractivity contribution in [3.63, 3.8) is 0 Å². The van der Waals surface area contributed by atoms with E-state index in [1.165, 1.54) is 16.4 Å². The second-order valence-electron chi connectivity index (χ2n) is 4.52. The van der Waals surface area contributed by atoms with Gasteiger partial charge in [-0.3, -0.25) is 10.1 Å². The molecule has 0 aromatic heterocycles. The van der Waals surface area contributed by atoms with Gasteiger partial charge < -0.3 is 5.73 Å². The van der Waals surface area contributed by atoms with E-state index >= 15 is 0 Å². The number of sulfonamides is 1. The van der Waals surface area contributed by atoms with Crippen molar-refractivity contribution in [2.75, 3.05) is 23.8 Å². The predicted octanol–water partition coefficient (Wildman–Crippen LogP) is 1.30. The lowest BCUT2D eigenvalue weighted by Gasteiger charge is -2.32. The Hall–Kier alpha value is -1.32. The topological polar surface area (TPSA) is 107 Å². The van der Waals surface area contributed by atoms with Gasteiger partial charge in [-0.25, -0.2) is 8.42 Å². The molecule has 1 aliphatic rings. The van der Waals surface area contributed by atoms with Crippen LogP contribution in [0.25, 0.3) is 0 Å². The van der Waals surface area contributed by atoms with Gasteiger partial charge in [0.05, 0.1) is 10.6 Å². The van der Waals surface area contributed by atoms with E-state index in [1.807, 2.05) is 6.92 Å². The molecule has 0 spiro atoms. The number of non-ortho nitro benzene ring substituents is 1. The van der Waals surface area contributed by atoms with Crippen LogP contribution in [0, 0.1) is 10.1 Å². The zero-order chi connectivity index (χ0) is 14.9.